The zero-order chi connectivity index (χ0) is 19.2. The molecule has 5 nitrogen and oxygen atoms in total. The summed E-state index contributed by atoms with van der Waals surface area (Å²) in [5, 5.41) is 4.08. The molecule has 0 bridgehead atoms. The van der Waals surface area contributed by atoms with Crippen LogP contribution in [0.15, 0.2) is 40.4 Å². The molecule has 1 aliphatic rings. The van der Waals surface area contributed by atoms with E-state index in [0.29, 0.717) is 17.2 Å². The minimum atomic E-state index is -3.33. The Kier molecular flexibility index (Phi) is 7.24. The molecule has 0 amide bonds. The van der Waals surface area contributed by atoms with Crippen LogP contribution in [0.1, 0.15) is 46.5 Å². The quantitative estimate of drug-likeness (QED) is 0.509. The Morgan fingerprint density at radius 1 is 1.31 bits per heavy atom. The maximum Gasteiger partial charge on any atom is 0.183 e. The molecule has 1 unspecified atom stereocenters. The molecule has 1 fully saturated rings. The average Bonchev–Trinajstić information content (AvgIpc) is 2.62. The molecule has 0 aliphatic carbocycles. The Hall–Kier alpha value is -1.40. The summed E-state index contributed by atoms with van der Waals surface area (Å²) in [6, 6.07) is 8.77. The first-order valence-corrected chi connectivity index (χ1v) is 10.9. The van der Waals surface area contributed by atoms with Gasteiger partial charge in [0.25, 0.3) is 0 Å². The van der Waals surface area contributed by atoms with E-state index >= 15 is 0 Å². The fourth-order valence-electron chi connectivity index (χ4n) is 3.60. The lowest BCUT2D eigenvalue weighted by molar-refractivity contribution is 0.185. The van der Waals surface area contributed by atoms with Crippen LogP contribution in [0.2, 0.25) is 0 Å². The summed E-state index contributed by atoms with van der Waals surface area (Å²) in [5.74, 6) is 0.435. The van der Waals surface area contributed by atoms with E-state index < -0.39 is 14.6 Å². The molecule has 1 atom stereocenters. The summed E-state index contributed by atoms with van der Waals surface area (Å²) in [6.07, 6.45) is 3.80. The minimum Gasteiger partial charge on any atom is -0.399 e. The van der Waals surface area contributed by atoms with Crippen molar-refractivity contribution in [3.63, 3.8) is 0 Å². The summed E-state index contributed by atoms with van der Waals surface area (Å²) in [5.41, 5.74) is 1.05. The summed E-state index contributed by atoms with van der Waals surface area (Å²) < 4.78 is 25.0. The van der Waals surface area contributed by atoms with E-state index in [9.17, 15) is 8.42 Å². The summed E-state index contributed by atoms with van der Waals surface area (Å²) in [6.45, 7) is 8.67. The molecule has 1 aromatic carbocycles. The predicted octanol–water partition coefficient (Wildman–Crippen LogP) is 3.75. The average molecular weight is 381 g/mol. The largest absolute Gasteiger partial charge is 0.399 e. The van der Waals surface area contributed by atoms with E-state index in [-0.39, 0.29) is 0 Å². The van der Waals surface area contributed by atoms with Gasteiger partial charge in [-0.2, -0.15) is 0 Å². The van der Waals surface area contributed by atoms with Gasteiger partial charge in [0.2, 0.25) is 0 Å². The maximum atomic E-state index is 12.9. The molecule has 1 heterocycles. The highest BCUT2D eigenvalue weighted by molar-refractivity contribution is 7.92. The zero-order valence-electron chi connectivity index (χ0n) is 16.4. The van der Waals surface area contributed by atoms with Crippen molar-refractivity contribution < 1.29 is 13.3 Å². The molecule has 1 saturated heterocycles. The van der Waals surface area contributed by atoms with Crippen molar-refractivity contribution in [2.45, 2.75) is 56.1 Å². The second-order valence-electron chi connectivity index (χ2n) is 7.73. The summed E-state index contributed by atoms with van der Waals surface area (Å²) in [7, 11) is -1.74. The van der Waals surface area contributed by atoms with Gasteiger partial charge in [-0.1, -0.05) is 23.4 Å². The van der Waals surface area contributed by atoms with Gasteiger partial charge >= 0.3 is 0 Å². The van der Waals surface area contributed by atoms with Gasteiger partial charge < -0.3 is 9.74 Å². The van der Waals surface area contributed by atoms with Crippen molar-refractivity contribution in [2.75, 3.05) is 26.7 Å². The number of nitrogens with zero attached hydrogens (tertiary/aromatic N) is 2. The third-order valence-corrected chi connectivity index (χ3v) is 7.92. The minimum absolute atomic E-state index is 0.412. The molecule has 146 valence electrons. The van der Waals surface area contributed by atoms with E-state index in [4.69, 9.17) is 4.84 Å². The molecular formula is C20H32N2O3S. The Morgan fingerprint density at radius 2 is 2.00 bits per heavy atom. The van der Waals surface area contributed by atoms with Crippen LogP contribution in [0.5, 0.6) is 0 Å². The summed E-state index contributed by atoms with van der Waals surface area (Å²) >= 11 is 0. The molecule has 0 spiro atoms. The monoisotopic (exact) mass is 380 g/mol. The zero-order valence-corrected chi connectivity index (χ0v) is 17.3. The molecule has 0 N–H and O–H groups in total. The second kappa shape index (κ2) is 9.00. The second-order valence-corrected chi connectivity index (χ2v) is 10.3. The first-order valence-electron chi connectivity index (χ1n) is 9.37. The van der Waals surface area contributed by atoms with Gasteiger partial charge in [0.05, 0.1) is 15.4 Å². The predicted molar refractivity (Wildman–Crippen MR) is 106 cm³/mol. The van der Waals surface area contributed by atoms with E-state index in [1.165, 1.54) is 0 Å². The highest BCUT2D eigenvalue weighted by Crippen LogP contribution is 2.30. The maximum absolute atomic E-state index is 12.9. The van der Waals surface area contributed by atoms with Crippen molar-refractivity contribution in [3.05, 3.63) is 30.3 Å². The van der Waals surface area contributed by atoms with E-state index in [0.717, 1.165) is 44.6 Å². The lowest BCUT2D eigenvalue weighted by Gasteiger charge is -2.33. The van der Waals surface area contributed by atoms with Crippen molar-refractivity contribution >= 4 is 15.5 Å². The van der Waals surface area contributed by atoms with Crippen molar-refractivity contribution in [1.29, 1.82) is 0 Å². The molecule has 6 heteroatoms. The third-order valence-electron chi connectivity index (χ3n) is 5.37. The lowest BCUT2D eigenvalue weighted by atomic mass is 9.93. The topological polar surface area (TPSA) is 59.0 Å². The van der Waals surface area contributed by atoms with Crippen LogP contribution < -0.4 is 0 Å². The molecule has 2 rings (SSSR count). The van der Waals surface area contributed by atoms with Gasteiger partial charge in [0.1, 0.15) is 7.11 Å². The normalized spacial score (nSPS) is 20.2. The van der Waals surface area contributed by atoms with Gasteiger partial charge in [-0.05, 0) is 71.7 Å². The van der Waals surface area contributed by atoms with E-state index in [1.54, 1.807) is 31.4 Å². The number of hydrogen-bond donors (Lipinski definition) is 0. The number of piperidine rings is 1. The fourth-order valence-corrected chi connectivity index (χ4v) is 5.17. The Morgan fingerprint density at radius 3 is 2.65 bits per heavy atom. The molecule has 0 radical (unpaired) electrons. The number of hydrogen-bond acceptors (Lipinski definition) is 5. The highest BCUT2D eigenvalue weighted by Gasteiger charge is 2.35. The van der Waals surface area contributed by atoms with Crippen molar-refractivity contribution in [3.8, 4) is 0 Å². The van der Waals surface area contributed by atoms with Crippen molar-refractivity contribution in [1.82, 2.24) is 4.90 Å². The van der Waals surface area contributed by atoms with Gasteiger partial charge in [-0.3, -0.25) is 0 Å². The number of rotatable bonds is 8. The van der Waals surface area contributed by atoms with E-state index in [1.807, 2.05) is 26.8 Å². The van der Waals surface area contributed by atoms with Gasteiger partial charge in [0.15, 0.2) is 9.84 Å². The van der Waals surface area contributed by atoms with Crippen LogP contribution in [0.3, 0.4) is 0 Å². The fraction of sp³-hybridized carbons (Fsp3) is 0.650. The first kappa shape index (κ1) is 20.9. The van der Waals surface area contributed by atoms with Crippen molar-refractivity contribution in [2.24, 2.45) is 11.1 Å². The Labute approximate surface area is 158 Å². The molecule has 1 aromatic rings. The van der Waals surface area contributed by atoms with Gasteiger partial charge in [-0.15, -0.1) is 0 Å². The smallest absolute Gasteiger partial charge is 0.183 e. The molecule has 0 saturated carbocycles. The number of benzene rings is 1. The van der Waals surface area contributed by atoms with Crippen LogP contribution in [-0.4, -0.2) is 50.5 Å². The number of sulfone groups is 1. The number of oxime groups is 1. The van der Waals surface area contributed by atoms with Crippen LogP contribution in [0.25, 0.3) is 0 Å². The highest BCUT2D eigenvalue weighted by atomic mass is 32.2. The summed E-state index contributed by atoms with van der Waals surface area (Å²) in [4.78, 5) is 7.74. The Balaban J connectivity index is 1.91. The van der Waals surface area contributed by atoms with Gasteiger partial charge in [0, 0.05) is 12.5 Å². The van der Waals surface area contributed by atoms with Crippen LogP contribution >= 0.6 is 0 Å². The molecular weight excluding hydrogens is 348 g/mol. The molecule has 1 aliphatic heterocycles. The van der Waals surface area contributed by atoms with Gasteiger partial charge in [-0.25, -0.2) is 8.42 Å². The number of likely N-dealkylation sites (tertiary alicyclic amines) is 1. The Bertz CT molecular complexity index is 699. The van der Waals surface area contributed by atoms with Crippen LogP contribution in [0.4, 0.5) is 0 Å². The standard InChI is InChI=1S/C20H32N2O3S/c1-17(21-25-4)18-10-8-14-22(16-18)15-9-13-20(2,3)26(23,24)19-11-6-5-7-12-19/h5-7,11-12,18H,8-10,13-16H2,1-4H3/b21-17-. The lowest BCUT2D eigenvalue weighted by Crippen LogP contribution is -2.39. The van der Waals surface area contributed by atoms with E-state index in [2.05, 4.69) is 10.1 Å². The van der Waals surface area contributed by atoms with Crippen LogP contribution in [0, 0.1) is 5.92 Å². The first-order chi connectivity index (χ1) is 12.3. The SMILES string of the molecule is CO/N=C(/C)C1CCCN(CCCC(C)(C)S(=O)(=O)c2ccccc2)C1. The molecule has 26 heavy (non-hydrogen) atoms. The molecule has 0 aromatic heterocycles. The van der Waals surface area contributed by atoms with Crippen LogP contribution in [-0.2, 0) is 14.7 Å². The third kappa shape index (κ3) is 5.07.